The maximum Gasteiger partial charge on any atom is 0.166 e. The van der Waals surface area contributed by atoms with Gasteiger partial charge in [-0.15, -0.1) is 0 Å². The summed E-state index contributed by atoms with van der Waals surface area (Å²) in [7, 11) is 0. The molecule has 44 heavy (non-hydrogen) atoms. The molecule has 0 aliphatic heterocycles. The number of nitrogens with one attached hydrogen (secondary N) is 1. The van der Waals surface area contributed by atoms with Crippen LogP contribution in [0.15, 0.2) is 109 Å². The Kier molecular flexibility index (Phi) is 11.1. The zero-order valence-corrected chi connectivity index (χ0v) is 26.0. The van der Waals surface area contributed by atoms with Crippen molar-refractivity contribution in [2.24, 2.45) is 0 Å². The van der Waals surface area contributed by atoms with Crippen molar-refractivity contribution in [3.8, 4) is 5.75 Å². The lowest BCUT2D eigenvalue weighted by Gasteiger charge is -2.23. The number of benzene rings is 4. The normalized spacial score (nSPS) is 11.2. The van der Waals surface area contributed by atoms with Crippen LogP contribution in [0.3, 0.4) is 0 Å². The number of carbonyl (C=O) groups excluding carboxylic acids is 1. The summed E-state index contributed by atoms with van der Waals surface area (Å²) in [6, 6.07) is 35.5. The van der Waals surface area contributed by atoms with Crippen LogP contribution < -0.4 is 10.1 Å². The van der Waals surface area contributed by atoms with Gasteiger partial charge in [0.1, 0.15) is 11.3 Å². The Bertz CT molecular complexity index is 1640. The van der Waals surface area contributed by atoms with Gasteiger partial charge in [-0.3, -0.25) is 14.7 Å². The first-order chi connectivity index (χ1) is 21.6. The number of fused-ring (bicyclic) bond motifs is 1. The van der Waals surface area contributed by atoms with Gasteiger partial charge in [-0.2, -0.15) is 0 Å². The lowest BCUT2D eigenvalue weighted by atomic mass is 10.0. The summed E-state index contributed by atoms with van der Waals surface area (Å²) in [4.78, 5) is 20.4. The summed E-state index contributed by atoms with van der Waals surface area (Å²) in [5, 5.41) is 4.45. The second-order valence-electron chi connectivity index (χ2n) is 11.4. The number of Topliss-reactive ketones (excluding diaryl/α,β-unsaturated/α-hetero) is 1. The SMILES string of the molecule is CCCC(=O)c1cnc2c(OCCCN(CCCc3ccccc3)Cc3ccccc3)cccc2c1Nc1ccccc1C. The molecule has 1 aromatic heterocycles. The van der Waals surface area contributed by atoms with Crippen LogP contribution in [0.1, 0.15) is 59.7 Å². The summed E-state index contributed by atoms with van der Waals surface area (Å²) in [6.45, 7) is 7.57. The second kappa shape index (κ2) is 15.8. The van der Waals surface area contributed by atoms with Crippen LogP contribution in [0.4, 0.5) is 11.4 Å². The van der Waals surface area contributed by atoms with Gasteiger partial charge in [-0.25, -0.2) is 0 Å². The Balaban J connectivity index is 1.28. The van der Waals surface area contributed by atoms with E-state index < -0.39 is 0 Å². The van der Waals surface area contributed by atoms with E-state index in [-0.39, 0.29) is 5.78 Å². The molecule has 0 saturated carbocycles. The highest BCUT2D eigenvalue weighted by atomic mass is 16.5. The van der Waals surface area contributed by atoms with Gasteiger partial charge in [0, 0.05) is 36.8 Å². The summed E-state index contributed by atoms with van der Waals surface area (Å²) in [5.74, 6) is 0.832. The van der Waals surface area contributed by atoms with E-state index in [9.17, 15) is 4.79 Å². The first kappa shape index (κ1) is 31.0. The minimum Gasteiger partial charge on any atom is -0.491 e. The lowest BCUT2D eigenvalue weighted by Crippen LogP contribution is -2.27. The molecule has 0 aliphatic rings. The van der Waals surface area contributed by atoms with E-state index in [0.717, 1.165) is 78.9 Å². The molecular formula is C39H43N3O2. The van der Waals surface area contributed by atoms with Crippen LogP contribution in [0.2, 0.25) is 0 Å². The zero-order chi connectivity index (χ0) is 30.6. The second-order valence-corrected chi connectivity index (χ2v) is 11.4. The molecule has 5 nitrogen and oxygen atoms in total. The van der Waals surface area contributed by atoms with E-state index in [1.807, 2.05) is 43.3 Å². The van der Waals surface area contributed by atoms with Gasteiger partial charge < -0.3 is 10.1 Å². The third-order valence-electron chi connectivity index (χ3n) is 7.95. The molecule has 0 amide bonds. The standard InChI is InChI=1S/C39H43N3O2/c1-3-15-36(43)34-28-40-39-33(38(34)41-35-23-11-10-16-30(35)2)22-12-24-37(39)44-27-14-26-42(29-32-19-8-5-9-20-32)25-13-21-31-17-6-4-7-18-31/h4-12,16-20,22-24,28H,3,13-15,21,25-27,29H2,1-2H3,(H,40,41). The Morgan fingerprint density at radius 1 is 0.818 bits per heavy atom. The molecule has 0 aliphatic carbocycles. The van der Waals surface area contributed by atoms with Crippen molar-refractivity contribution < 1.29 is 9.53 Å². The number of hydrogen-bond acceptors (Lipinski definition) is 5. The Hall–Kier alpha value is -4.48. The summed E-state index contributed by atoms with van der Waals surface area (Å²) < 4.78 is 6.37. The van der Waals surface area contributed by atoms with Gasteiger partial charge in [-0.1, -0.05) is 97.9 Å². The molecule has 1 N–H and O–H groups in total. The molecule has 0 spiro atoms. The molecule has 5 rings (SSSR count). The number of para-hydroxylation sites is 2. The molecule has 0 bridgehead atoms. The molecule has 0 saturated heterocycles. The van der Waals surface area contributed by atoms with E-state index in [2.05, 4.69) is 83.9 Å². The van der Waals surface area contributed by atoms with Gasteiger partial charge in [0.25, 0.3) is 0 Å². The summed E-state index contributed by atoms with van der Waals surface area (Å²) in [5.41, 5.74) is 6.97. The smallest absolute Gasteiger partial charge is 0.166 e. The van der Waals surface area contributed by atoms with E-state index in [1.54, 1.807) is 6.20 Å². The first-order valence-corrected chi connectivity index (χ1v) is 15.8. The number of rotatable bonds is 16. The number of ketones is 1. The van der Waals surface area contributed by atoms with Crippen molar-refractivity contribution >= 4 is 28.1 Å². The molecule has 4 aromatic carbocycles. The Labute approximate surface area is 261 Å². The lowest BCUT2D eigenvalue weighted by molar-refractivity contribution is 0.0982. The van der Waals surface area contributed by atoms with Crippen molar-refractivity contribution in [3.63, 3.8) is 0 Å². The summed E-state index contributed by atoms with van der Waals surface area (Å²) in [6.07, 6.45) is 6.07. The van der Waals surface area contributed by atoms with Crippen molar-refractivity contribution in [1.29, 1.82) is 0 Å². The van der Waals surface area contributed by atoms with Crippen molar-refractivity contribution in [2.45, 2.75) is 52.5 Å². The fourth-order valence-electron chi connectivity index (χ4n) is 5.60. The number of anilines is 2. The van der Waals surface area contributed by atoms with Crippen molar-refractivity contribution in [3.05, 3.63) is 132 Å². The Morgan fingerprint density at radius 2 is 1.52 bits per heavy atom. The molecule has 0 radical (unpaired) electrons. The molecule has 0 unspecified atom stereocenters. The maximum absolute atomic E-state index is 13.1. The van der Waals surface area contributed by atoms with Crippen LogP contribution >= 0.6 is 0 Å². The average molecular weight is 586 g/mol. The molecular weight excluding hydrogens is 542 g/mol. The minimum absolute atomic E-state index is 0.0927. The van der Waals surface area contributed by atoms with Gasteiger partial charge in [0.2, 0.25) is 0 Å². The highest BCUT2D eigenvalue weighted by Crippen LogP contribution is 2.35. The molecule has 0 atom stereocenters. The highest BCUT2D eigenvalue weighted by molar-refractivity contribution is 6.09. The van der Waals surface area contributed by atoms with Crippen LogP contribution in [0.25, 0.3) is 10.9 Å². The van der Waals surface area contributed by atoms with Gasteiger partial charge in [-0.05, 0) is 68.0 Å². The van der Waals surface area contributed by atoms with E-state index >= 15 is 0 Å². The minimum atomic E-state index is 0.0927. The molecule has 0 fully saturated rings. The summed E-state index contributed by atoms with van der Waals surface area (Å²) >= 11 is 0. The van der Waals surface area contributed by atoms with Crippen LogP contribution in [0, 0.1) is 6.92 Å². The monoisotopic (exact) mass is 585 g/mol. The molecule has 5 heteroatoms. The number of aromatic nitrogens is 1. The number of pyridine rings is 1. The van der Waals surface area contributed by atoms with Crippen LogP contribution in [-0.2, 0) is 13.0 Å². The molecule has 226 valence electrons. The number of carbonyl (C=O) groups is 1. The number of aryl methyl sites for hydroxylation is 2. The van der Waals surface area contributed by atoms with E-state index in [4.69, 9.17) is 9.72 Å². The quantitative estimate of drug-likeness (QED) is 0.0924. The largest absolute Gasteiger partial charge is 0.491 e. The molecule has 5 aromatic rings. The van der Waals surface area contributed by atoms with E-state index in [0.29, 0.717) is 18.6 Å². The van der Waals surface area contributed by atoms with Crippen LogP contribution in [-0.4, -0.2) is 35.4 Å². The highest BCUT2D eigenvalue weighted by Gasteiger charge is 2.18. The fraction of sp³-hybridized carbons (Fsp3) is 0.282. The first-order valence-electron chi connectivity index (χ1n) is 15.8. The van der Waals surface area contributed by atoms with Gasteiger partial charge >= 0.3 is 0 Å². The van der Waals surface area contributed by atoms with Crippen molar-refractivity contribution in [2.75, 3.05) is 25.0 Å². The van der Waals surface area contributed by atoms with E-state index in [1.165, 1.54) is 11.1 Å². The number of nitrogens with zero attached hydrogens (tertiary/aromatic N) is 2. The predicted molar refractivity (Wildman–Crippen MR) is 182 cm³/mol. The maximum atomic E-state index is 13.1. The number of hydrogen-bond donors (Lipinski definition) is 1. The third-order valence-corrected chi connectivity index (χ3v) is 7.95. The number of ether oxygens (including phenoxy) is 1. The molecule has 1 heterocycles. The average Bonchev–Trinajstić information content (AvgIpc) is 3.05. The van der Waals surface area contributed by atoms with Crippen LogP contribution in [0.5, 0.6) is 5.75 Å². The zero-order valence-electron chi connectivity index (χ0n) is 26.0. The predicted octanol–water partition coefficient (Wildman–Crippen LogP) is 9.17. The van der Waals surface area contributed by atoms with Gasteiger partial charge in [0.15, 0.2) is 5.78 Å². The Morgan fingerprint density at radius 3 is 2.27 bits per heavy atom. The van der Waals surface area contributed by atoms with Gasteiger partial charge in [0.05, 0.1) is 17.9 Å². The van der Waals surface area contributed by atoms with Crippen molar-refractivity contribution in [1.82, 2.24) is 9.88 Å². The third kappa shape index (κ3) is 8.33. The fourth-order valence-corrected chi connectivity index (χ4v) is 5.60. The topological polar surface area (TPSA) is 54.5 Å².